The van der Waals surface area contributed by atoms with Gasteiger partial charge in [-0.3, -0.25) is 0 Å². The van der Waals surface area contributed by atoms with Gasteiger partial charge in [-0.05, 0) is 13.0 Å². The first-order chi connectivity index (χ1) is 9.26. The topological polar surface area (TPSA) is 72.8 Å². The summed E-state index contributed by atoms with van der Waals surface area (Å²) in [4.78, 5) is 4.06. The van der Waals surface area contributed by atoms with E-state index in [1.54, 1.807) is 19.4 Å². The molecule has 1 heterocycles. The number of aromatic nitrogens is 1. The molecule has 1 rings (SSSR count). The highest BCUT2D eigenvalue weighted by molar-refractivity contribution is 5.42. The predicted molar refractivity (Wildman–Crippen MR) is 72.6 cm³/mol. The first kappa shape index (κ1) is 15.7. The molecule has 0 aromatic carbocycles. The highest BCUT2D eigenvalue weighted by Gasteiger charge is 2.04. The summed E-state index contributed by atoms with van der Waals surface area (Å²) in [5, 5.41) is 12.8. The summed E-state index contributed by atoms with van der Waals surface area (Å²) < 4.78 is 15.4. The van der Waals surface area contributed by atoms with Crippen LogP contribution in [0, 0.1) is 0 Å². The molecule has 0 aliphatic carbocycles. The normalized spacial score (nSPS) is 12.2. The van der Waals surface area contributed by atoms with Crippen LogP contribution in [0.3, 0.4) is 0 Å². The molecule has 0 saturated heterocycles. The maximum Gasteiger partial charge on any atom is 0.213 e. The summed E-state index contributed by atoms with van der Waals surface area (Å²) in [6, 6.07) is 3.60. The van der Waals surface area contributed by atoms with Crippen molar-refractivity contribution in [3.63, 3.8) is 0 Å². The van der Waals surface area contributed by atoms with Gasteiger partial charge in [0.2, 0.25) is 5.88 Å². The van der Waals surface area contributed by atoms with Crippen molar-refractivity contribution in [2.45, 2.75) is 13.0 Å². The van der Waals surface area contributed by atoms with E-state index in [4.69, 9.17) is 14.2 Å². The molecule has 0 saturated carbocycles. The van der Waals surface area contributed by atoms with Gasteiger partial charge in [-0.15, -0.1) is 0 Å². The van der Waals surface area contributed by atoms with E-state index in [2.05, 4.69) is 10.3 Å². The Balaban J connectivity index is 2.13. The Morgan fingerprint density at radius 1 is 1.32 bits per heavy atom. The fraction of sp³-hybridized carbons (Fsp3) is 0.615. The number of aliphatic hydroxyl groups is 1. The van der Waals surface area contributed by atoms with Crippen LogP contribution in [0.15, 0.2) is 18.3 Å². The minimum atomic E-state index is -0.566. The third kappa shape index (κ3) is 6.95. The Hall–Kier alpha value is -1.37. The van der Waals surface area contributed by atoms with Crippen LogP contribution in [-0.2, 0) is 9.47 Å². The van der Waals surface area contributed by atoms with E-state index in [1.165, 1.54) is 0 Å². The molecule has 1 unspecified atom stereocenters. The Morgan fingerprint density at radius 2 is 2.11 bits per heavy atom. The van der Waals surface area contributed by atoms with Gasteiger partial charge in [-0.25, -0.2) is 4.98 Å². The molecule has 0 aliphatic heterocycles. The van der Waals surface area contributed by atoms with Gasteiger partial charge in [-0.2, -0.15) is 0 Å². The van der Waals surface area contributed by atoms with Gasteiger partial charge in [0.25, 0.3) is 0 Å². The summed E-state index contributed by atoms with van der Waals surface area (Å²) in [5.74, 6) is 0.561. The molecule has 108 valence electrons. The fourth-order valence-electron chi connectivity index (χ4n) is 1.38. The van der Waals surface area contributed by atoms with Crippen LogP contribution < -0.4 is 10.1 Å². The van der Waals surface area contributed by atoms with Gasteiger partial charge in [0.1, 0.15) is 0 Å². The zero-order valence-electron chi connectivity index (χ0n) is 11.5. The first-order valence-electron chi connectivity index (χ1n) is 6.33. The zero-order valence-corrected chi connectivity index (χ0v) is 11.5. The molecule has 0 aliphatic rings. The lowest BCUT2D eigenvalue weighted by atomic mass is 10.3. The number of methoxy groups -OCH3 is 1. The Morgan fingerprint density at radius 3 is 2.74 bits per heavy atom. The third-order valence-corrected chi connectivity index (χ3v) is 2.37. The summed E-state index contributed by atoms with van der Waals surface area (Å²) in [6.07, 6.45) is 1.09. The van der Waals surface area contributed by atoms with Crippen molar-refractivity contribution in [1.82, 2.24) is 4.98 Å². The van der Waals surface area contributed by atoms with Gasteiger partial charge in [0.05, 0.1) is 44.9 Å². The number of hydrogen-bond donors (Lipinski definition) is 2. The highest BCUT2D eigenvalue weighted by Crippen LogP contribution is 2.10. The molecule has 0 spiro atoms. The molecule has 0 bridgehead atoms. The minimum Gasteiger partial charge on any atom is -0.481 e. The molecule has 1 aromatic heterocycles. The van der Waals surface area contributed by atoms with E-state index in [0.717, 1.165) is 5.69 Å². The average Bonchev–Trinajstić information content (AvgIpc) is 2.45. The molecular formula is C13H22N2O4. The molecule has 2 N–H and O–H groups in total. The number of hydrogen-bond acceptors (Lipinski definition) is 6. The predicted octanol–water partition coefficient (Wildman–Crippen LogP) is 0.916. The number of nitrogens with one attached hydrogen (secondary N) is 1. The fourth-order valence-corrected chi connectivity index (χ4v) is 1.38. The summed E-state index contributed by atoms with van der Waals surface area (Å²) in [6.45, 7) is 4.35. The molecule has 1 aromatic rings. The molecular weight excluding hydrogens is 248 g/mol. The Labute approximate surface area is 113 Å². The lowest BCUT2D eigenvalue weighted by molar-refractivity contribution is 0.0103. The van der Waals surface area contributed by atoms with Gasteiger partial charge in [0.15, 0.2) is 0 Å². The van der Waals surface area contributed by atoms with Gasteiger partial charge in [0, 0.05) is 19.2 Å². The molecule has 0 amide bonds. The van der Waals surface area contributed by atoms with E-state index in [1.807, 2.05) is 13.0 Å². The average molecular weight is 270 g/mol. The minimum absolute atomic E-state index is 0.281. The van der Waals surface area contributed by atoms with E-state index in [-0.39, 0.29) is 6.61 Å². The van der Waals surface area contributed by atoms with E-state index < -0.39 is 6.10 Å². The van der Waals surface area contributed by atoms with Crippen LogP contribution in [0.4, 0.5) is 5.69 Å². The van der Waals surface area contributed by atoms with Crippen LogP contribution in [0.5, 0.6) is 5.88 Å². The quantitative estimate of drug-likeness (QED) is 0.616. The number of anilines is 1. The van der Waals surface area contributed by atoms with Crippen molar-refractivity contribution in [2.24, 2.45) is 0 Å². The highest BCUT2D eigenvalue weighted by atomic mass is 16.5. The maximum atomic E-state index is 9.69. The number of nitrogens with zero attached hydrogens (tertiary/aromatic N) is 1. The van der Waals surface area contributed by atoms with Crippen molar-refractivity contribution in [3.8, 4) is 5.88 Å². The molecule has 6 heteroatoms. The Kier molecular flexibility index (Phi) is 7.88. The van der Waals surface area contributed by atoms with E-state index in [0.29, 0.717) is 32.2 Å². The van der Waals surface area contributed by atoms with Crippen molar-refractivity contribution in [3.05, 3.63) is 18.3 Å². The van der Waals surface area contributed by atoms with Crippen LogP contribution in [-0.4, -0.2) is 56.3 Å². The lowest BCUT2D eigenvalue weighted by Crippen LogP contribution is -2.25. The van der Waals surface area contributed by atoms with Gasteiger partial charge >= 0.3 is 0 Å². The van der Waals surface area contributed by atoms with E-state index in [9.17, 15) is 5.11 Å². The smallest absolute Gasteiger partial charge is 0.213 e. The number of aliphatic hydroxyl groups excluding tert-OH is 1. The standard InChI is InChI=1S/C13H22N2O4/c1-3-18-6-7-19-10-12(16)9-14-11-4-5-13(17-2)15-8-11/h4-5,8,12,14,16H,3,6-7,9-10H2,1-2H3. The number of rotatable bonds is 10. The molecule has 1 atom stereocenters. The molecule has 0 radical (unpaired) electrons. The zero-order chi connectivity index (χ0) is 13.9. The maximum absolute atomic E-state index is 9.69. The second kappa shape index (κ2) is 9.55. The van der Waals surface area contributed by atoms with Gasteiger partial charge in [-0.1, -0.05) is 0 Å². The molecule has 6 nitrogen and oxygen atoms in total. The van der Waals surface area contributed by atoms with Crippen molar-refractivity contribution >= 4 is 5.69 Å². The second-order valence-electron chi connectivity index (χ2n) is 3.90. The van der Waals surface area contributed by atoms with Gasteiger partial charge < -0.3 is 24.6 Å². The van der Waals surface area contributed by atoms with Crippen molar-refractivity contribution < 1.29 is 19.3 Å². The second-order valence-corrected chi connectivity index (χ2v) is 3.90. The largest absolute Gasteiger partial charge is 0.481 e. The number of ether oxygens (including phenoxy) is 3. The van der Waals surface area contributed by atoms with Crippen LogP contribution in [0.25, 0.3) is 0 Å². The van der Waals surface area contributed by atoms with Crippen molar-refractivity contribution in [1.29, 1.82) is 0 Å². The molecule has 19 heavy (non-hydrogen) atoms. The van der Waals surface area contributed by atoms with E-state index >= 15 is 0 Å². The Bertz CT molecular complexity index is 332. The summed E-state index contributed by atoms with van der Waals surface area (Å²) in [5.41, 5.74) is 0.828. The molecule has 0 fully saturated rings. The summed E-state index contributed by atoms with van der Waals surface area (Å²) >= 11 is 0. The first-order valence-corrected chi connectivity index (χ1v) is 6.33. The van der Waals surface area contributed by atoms with Crippen molar-refractivity contribution in [2.75, 3.05) is 45.4 Å². The number of pyridine rings is 1. The third-order valence-electron chi connectivity index (χ3n) is 2.37. The van der Waals surface area contributed by atoms with Crippen LogP contribution >= 0.6 is 0 Å². The lowest BCUT2D eigenvalue weighted by Gasteiger charge is -2.13. The summed E-state index contributed by atoms with van der Waals surface area (Å²) in [7, 11) is 1.57. The van der Waals surface area contributed by atoms with Crippen LogP contribution in [0.1, 0.15) is 6.92 Å². The van der Waals surface area contributed by atoms with Crippen LogP contribution in [0.2, 0.25) is 0 Å². The monoisotopic (exact) mass is 270 g/mol. The SMILES string of the molecule is CCOCCOCC(O)CNc1ccc(OC)nc1.